The maximum atomic E-state index is 12.4. The van der Waals surface area contributed by atoms with Crippen LogP contribution in [0.2, 0.25) is 10.0 Å². The molecule has 53 heavy (non-hydrogen) atoms. The molecule has 0 unspecified atom stereocenters. The predicted octanol–water partition coefficient (Wildman–Crippen LogP) is 5.95. The number of halogens is 3. The van der Waals surface area contributed by atoms with Gasteiger partial charge in [0.25, 0.3) is 5.24 Å². The lowest BCUT2D eigenvalue weighted by molar-refractivity contribution is -0.130. The average molecular weight is 784 g/mol. The van der Waals surface area contributed by atoms with Crippen LogP contribution in [0.1, 0.15) is 59.5 Å². The van der Waals surface area contributed by atoms with Gasteiger partial charge in [-0.1, -0.05) is 23.2 Å². The first-order valence-corrected chi connectivity index (χ1v) is 16.9. The molecule has 0 radical (unpaired) electrons. The van der Waals surface area contributed by atoms with E-state index in [1.807, 2.05) is 0 Å². The average Bonchev–Trinajstić information content (AvgIpc) is 3.11. The number of nitrogens with one attached hydrogen (secondary N) is 1. The first kappa shape index (κ1) is 43.9. The van der Waals surface area contributed by atoms with Crippen molar-refractivity contribution in [1.29, 1.82) is 5.41 Å². The molecule has 12 nitrogen and oxygen atoms in total. The number of hydrogen-bond donors (Lipinski definition) is 5. The van der Waals surface area contributed by atoms with Gasteiger partial charge in [-0.05, 0) is 136 Å². The number of amidine groups is 1. The smallest absolute Gasteiger partial charge is 0.264 e. The molecule has 0 atom stereocenters. The minimum Gasteiger partial charge on any atom is -0.480 e. The molecule has 4 aromatic carbocycles. The molecule has 0 saturated heterocycles. The molecule has 0 fully saturated rings. The summed E-state index contributed by atoms with van der Waals surface area (Å²) in [6, 6.07) is 26.4. The number of hydrogen-bond acceptors (Lipinski definition) is 9. The molecule has 4 aromatic rings. The molecule has 0 heterocycles. The number of rotatable bonds is 13. The van der Waals surface area contributed by atoms with Crippen molar-refractivity contribution < 1.29 is 28.7 Å². The van der Waals surface area contributed by atoms with Crippen molar-refractivity contribution in [1.82, 2.24) is 0 Å². The van der Waals surface area contributed by atoms with Gasteiger partial charge < -0.3 is 32.4 Å². The summed E-state index contributed by atoms with van der Waals surface area (Å²) in [4.78, 5) is 51.8. The summed E-state index contributed by atoms with van der Waals surface area (Å²) >= 11 is 17.1. The molecular weight excluding hydrogens is 743 g/mol. The van der Waals surface area contributed by atoms with Gasteiger partial charge in [0.05, 0.1) is 6.54 Å². The van der Waals surface area contributed by atoms with E-state index in [0.717, 1.165) is 0 Å². The van der Waals surface area contributed by atoms with Gasteiger partial charge in [0, 0.05) is 32.3 Å². The zero-order chi connectivity index (χ0) is 39.9. The molecule has 0 aliphatic heterocycles. The summed E-state index contributed by atoms with van der Waals surface area (Å²) in [5, 5.41) is 6.95. The molecule has 0 amide bonds. The molecule has 4 rings (SSSR count). The monoisotopic (exact) mass is 782 g/mol. The molecule has 9 N–H and O–H groups in total. The van der Waals surface area contributed by atoms with E-state index in [1.54, 1.807) is 125 Å². The molecule has 0 bridgehead atoms. The van der Waals surface area contributed by atoms with E-state index in [4.69, 9.17) is 72.6 Å². The van der Waals surface area contributed by atoms with Gasteiger partial charge in [0.1, 0.15) is 23.9 Å². The van der Waals surface area contributed by atoms with Crippen LogP contribution in [0.25, 0.3) is 0 Å². The van der Waals surface area contributed by atoms with E-state index in [0.29, 0.717) is 43.8 Å². The van der Waals surface area contributed by atoms with E-state index in [9.17, 15) is 19.2 Å². The number of ketones is 3. The fourth-order valence-electron chi connectivity index (χ4n) is 3.92. The van der Waals surface area contributed by atoms with Gasteiger partial charge in [-0.2, -0.15) is 0 Å². The fraction of sp³-hybridized carbons (Fsp3) is 0.211. The molecule has 0 aliphatic carbocycles. The van der Waals surface area contributed by atoms with E-state index in [-0.39, 0.29) is 42.2 Å². The highest BCUT2D eigenvalue weighted by Crippen LogP contribution is 2.24. The Hall–Kier alpha value is -5.27. The van der Waals surface area contributed by atoms with Crippen LogP contribution in [0.4, 0.5) is 0 Å². The zero-order valence-electron chi connectivity index (χ0n) is 29.5. The van der Waals surface area contributed by atoms with Crippen molar-refractivity contribution >= 4 is 69.2 Å². The maximum absolute atomic E-state index is 12.4. The van der Waals surface area contributed by atoms with E-state index < -0.39 is 16.4 Å². The van der Waals surface area contributed by atoms with Gasteiger partial charge in [-0.15, -0.1) is 0 Å². The third-order valence-corrected chi connectivity index (χ3v) is 7.92. The van der Waals surface area contributed by atoms with Gasteiger partial charge in [-0.3, -0.25) is 24.6 Å². The summed E-state index contributed by atoms with van der Waals surface area (Å²) in [6.45, 7) is 6.42. The summed E-state index contributed by atoms with van der Waals surface area (Å²) in [5.74, 6) is 0.288. The SMILES string of the molecule is CC(C)(Oc1ccc(C(=O)c2ccc(Cl)cc2)cc1)C(=O)CN=C(N)N.CC(C)(Oc1ccc(C(=O)c2ccc(Cl)cc2)cc1)C(=O)Cl.N=C(N)CN. The predicted molar refractivity (Wildman–Crippen MR) is 210 cm³/mol. The van der Waals surface area contributed by atoms with Crippen molar-refractivity contribution in [3.8, 4) is 11.5 Å². The fourth-order valence-corrected chi connectivity index (χ4v) is 4.21. The van der Waals surface area contributed by atoms with Crippen molar-refractivity contribution in [2.24, 2.45) is 27.9 Å². The van der Waals surface area contributed by atoms with Crippen LogP contribution in [-0.4, -0.2) is 58.7 Å². The zero-order valence-corrected chi connectivity index (χ0v) is 31.8. The van der Waals surface area contributed by atoms with E-state index in [1.165, 1.54) is 0 Å². The summed E-state index contributed by atoms with van der Waals surface area (Å²) in [5.41, 5.74) is 19.9. The van der Waals surface area contributed by atoms with Crippen molar-refractivity contribution in [2.75, 3.05) is 13.1 Å². The lowest BCUT2D eigenvalue weighted by Crippen LogP contribution is -2.40. The minimum absolute atomic E-state index is 0.0324. The minimum atomic E-state index is -1.12. The Balaban J connectivity index is 0.000000329. The van der Waals surface area contributed by atoms with Crippen molar-refractivity contribution in [2.45, 2.75) is 38.9 Å². The normalized spacial score (nSPS) is 10.6. The van der Waals surface area contributed by atoms with Gasteiger partial charge >= 0.3 is 0 Å². The first-order chi connectivity index (χ1) is 24.7. The van der Waals surface area contributed by atoms with Gasteiger partial charge in [0.2, 0.25) is 0 Å². The van der Waals surface area contributed by atoms with Crippen molar-refractivity contribution in [3.63, 3.8) is 0 Å². The third-order valence-electron chi connectivity index (χ3n) is 6.96. The van der Waals surface area contributed by atoms with Crippen LogP contribution in [0.3, 0.4) is 0 Å². The summed E-state index contributed by atoms with van der Waals surface area (Å²) < 4.78 is 11.2. The molecule has 0 saturated carbocycles. The number of nitrogens with zero attached hydrogens (tertiary/aromatic N) is 1. The Labute approximate surface area is 322 Å². The van der Waals surface area contributed by atoms with Crippen LogP contribution < -0.4 is 32.4 Å². The summed E-state index contributed by atoms with van der Waals surface area (Å²) in [7, 11) is 0. The quantitative estimate of drug-likeness (QED) is 0.0464. The van der Waals surface area contributed by atoms with Gasteiger partial charge in [0.15, 0.2) is 34.5 Å². The molecule has 280 valence electrons. The highest BCUT2D eigenvalue weighted by atomic mass is 35.5. The number of carbonyl (C=O) groups is 4. The number of nitrogens with two attached hydrogens (primary N) is 4. The van der Waals surface area contributed by atoms with Crippen LogP contribution in [-0.2, 0) is 9.59 Å². The standard InChI is InChI=1S/C19H20ClN3O3.C17H14Cl2O3.C2H7N3/c1-19(2,16(24)11-23-18(21)22)26-15-9-5-13(6-10-15)17(25)12-3-7-14(20)8-4-12;1-17(2,16(19)21)22-14-9-5-12(6-10-14)15(20)11-3-7-13(18)8-4-11;3-1-2(4)5/h3-10H,11H2,1-2H3,(H4,21,22,23);3-10H,1-2H3;1,3H2,(H3,4,5). The Morgan fingerprint density at radius 3 is 1.21 bits per heavy atom. The van der Waals surface area contributed by atoms with Crippen LogP contribution in [0.5, 0.6) is 11.5 Å². The Morgan fingerprint density at radius 2 is 0.925 bits per heavy atom. The lowest BCUT2D eigenvalue weighted by Gasteiger charge is -2.24. The molecule has 15 heteroatoms. The topological polar surface area (TPSA) is 227 Å². The number of Topliss-reactive ketones (excluding diaryl/α,β-unsaturated/α-hetero) is 1. The Kier molecular flexibility index (Phi) is 16.6. The number of carbonyl (C=O) groups excluding carboxylic acids is 4. The molecular formula is C38H41Cl3N6O6. The molecule has 0 spiro atoms. The van der Waals surface area contributed by atoms with E-state index in [2.05, 4.69) is 4.99 Å². The lowest BCUT2D eigenvalue weighted by atomic mass is 10.0. The van der Waals surface area contributed by atoms with Gasteiger partial charge in [-0.25, -0.2) is 4.99 Å². The summed E-state index contributed by atoms with van der Waals surface area (Å²) in [6.07, 6.45) is 0. The van der Waals surface area contributed by atoms with Crippen molar-refractivity contribution in [3.05, 3.63) is 129 Å². The second-order valence-corrected chi connectivity index (χ2v) is 13.3. The van der Waals surface area contributed by atoms with Crippen LogP contribution in [0, 0.1) is 5.41 Å². The van der Waals surface area contributed by atoms with Crippen LogP contribution >= 0.6 is 34.8 Å². The molecule has 0 aromatic heterocycles. The second kappa shape index (κ2) is 20.1. The maximum Gasteiger partial charge on any atom is 0.264 e. The number of guanidine groups is 1. The van der Waals surface area contributed by atoms with E-state index >= 15 is 0 Å². The largest absolute Gasteiger partial charge is 0.480 e. The highest BCUT2D eigenvalue weighted by Gasteiger charge is 2.30. The Morgan fingerprint density at radius 1 is 0.623 bits per heavy atom. The number of benzene rings is 4. The highest BCUT2D eigenvalue weighted by molar-refractivity contribution is 6.65. The first-order valence-electron chi connectivity index (χ1n) is 15.8. The molecule has 0 aliphatic rings. The second-order valence-electron chi connectivity index (χ2n) is 12.1. The van der Waals surface area contributed by atoms with Crippen LogP contribution in [0.15, 0.2) is 102 Å². The number of aliphatic imine (C=N–C) groups is 1. The number of ether oxygens (including phenoxy) is 2. The third kappa shape index (κ3) is 14.7. The Bertz CT molecular complexity index is 1910.